The van der Waals surface area contributed by atoms with Crippen molar-refractivity contribution in [2.75, 3.05) is 19.8 Å². The van der Waals surface area contributed by atoms with E-state index in [1.807, 2.05) is 0 Å². The van der Waals surface area contributed by atoms with Gasteiger partial charge in [-0.2, -0.15) is 8.78 Å². The number of aliphatic hydroxyl groups is 1. The van der Waals surface area contributed by atoms with Gasteiger partial charge in [0.05, 0.1) is 12.6 Å². The van der Waals surface area contributed by atoms with Crippen molar-refractivity contribution in [3.8, 4) is 0 Å². The fraction of sp³-hybridized carbons (Fsp3) is 0.474. The Kier molecular flexibility index (Phi) is 7.29. The minimum absolute atomic E-state index is 0.0307. The highest BCUT2D eigenvalue weighted by atomic mass is 19.3. The summed E-state index contributed by atoms with van der Waals surface area (Å²) in [4.78, 5) is 23.9. The largest absolute Gasteiger partial charge is 0.466 e. The van der Waals surface area contributed by atoms with Crippen LogP contribution in [0.3, 0.4) is 0 Å². The Morgan fingerprint density at radius 1 is 1.41 bits per heavy atom. The van der Waals surface area contributed by atoms with E-state index in [0.717, 1.165) is 6.08 Å². The van der Waals surface area contributed by atoms with Crippen LogP contribution in [-0.4, -0.2) is 54.0 Å². The molecule has 2 rings (SSSR count). The van der Waals surface area contributed by atoms with Gasteiger partial charge in [-0.3, -0.25) is 9.69 Å². The number of esters is 1. The van der Waals surface area contributed by atoms with Gasteiger partial charge >= 0.3 is 18.0 Å². The summed E-state index contributed by atoms with van der Waals surface area (Å²) in [7, 11) is 0. The maximum atomic E-state index is 14.3. The molecule has 148 valence electrons. The highest BCUT2D eigenvalue weighted by Gasteiger charge is 2.39. The molecule has 2 unspecified atom stereocenters. The molecular formula is C19H23F2NO5. The van der Waals surface area contributed by atoms with Gasteiger partial charge in [0.15, 0.2) is 0 Å². The van der Waals surface area contributed by atoms with Crippen molar-refractivity contribution in [2.45, 2.75) is 37.8 Å². The molecule has 0 spiro atoms. The maximum absolute atomic E-state index is 14.3. The molecular weight excluding hydrogens is 360 g/mol. The van der Waals surface area contributed by atoms with Crippen LogP contribution in [0.25, 0.3) is 0 Å². The van der Waals surface area contributed by atoms with Crippen molar-refractivity contribution in [2.24, 2.45) is 0 Å². The number of unbranched alkanes of at least 4 members (excludes halogenated alkanes) is 1. The Morgan fingerprint density at radius 2 is 2.11 bits per heavy atom. The molecule has 1 aromatic rings. The number of hydrogen-bond donors (Lipinski definition) is 1. The molecule has 0 saturated carbocycles. The smallest absolute Gasteiger partial charge is 0.410 e. The van der Waals surface area contributed by atoms with E-state index >= 15 is 0 Å². The van der Waals surface area contributed by atoms with Crippen LogP contribution in [0, 0.1) is 0 Å². The predicted molar refractivity (Wildman–Crippen MR) is 93.2 cm³/mol. The second-order valence-corrected chi connectivity index (χ2v) is 6.20. The van der Waals surface area contributed by atoms with Crippen molar-refractivity contribution in [1.29, 1.82) is 0 Å². The van der Waals surface area contributed by atoms with Gasteiger partial charge in [-0.25, -0.2) is 4.79 Å². The Bertz CT molecular complexity index is 665. The first kappa shape index (κ1) is 20.8. The third-order valence-corrected chi connectivity index (χ3v) is 4.16. The number of cyclic esters (lactones) is 1. The Labute approximate surface area is 156 Å². The van der Waals surface area contributed by atoms with Gasteiger partial charge in [-0.05, 0) is 12.8 Å². The zero-order valence-electron chi connectivity index (χ0n) is 15.0. The molecule has 2 atom stereocenters. The number of benzene rings is 1. The zero-order chi connectivity index (χ0) is 19.9. The lowest BCUT2D eigenvalue weighted by Gasteiger charge is -2.22. The SMILES string of the molecule is CC(=O)OCCCCN1C(=O)OCC1C=CC(O)C(F)(F)c1ccccc1. The standard InChI is InChI=1S/C19H23F2NO5/c1-14(23)26-12-6-5-11-22-16(13-27-18(22)25)9-10-17(24)19(20,21)15-7-3-2-4-8-15/h2-4,7-10,16-17,24H,5-6,11-13H2,1H3. The van der Waals surface area contributed by atoms with E-state index in [1.54, 1.807) is 6.07 Å². The summed E-state index contributed by atoms with van der Waals surface area (Å²) >= 11 is 0. The third-order valence-electron chi connectivity index (χ3n) is 4.16. The Morgan fingerprint density at radius 3 is 2.78 bits per heavy atom. The number of aliphatic hydroxyl groups excluding tert-OH is 1. The van der Waals surface area contributed by atoms with Crippen LogP contribution in [0.2, 0.25) is 0 Å². The average molecular weight is 383 g/mol. The van der Waals surface area contributed by atoms with Crippen molar-refractivity contribution in [3.63, 3.8) is 0 Å². The highest BCUT2D eigenvalue weighted by molar-refractivity contribution is 5.70. The van der Waals surface area contributed by atoms with Crippen LogP contribution in [0.4, 0.5) is 13.6 Å². The maximum Gasteiger partial charge on any atom is 0.410 e. The van der Waals surface area contributed by atoms with Crippen molar-refractivity contribution in [1.82, 2.24) is 4.90 Å². The molecule has 1 saturated heterocycles. The van der Waals surface area contributed by atoms with Gasteiger partial charge in [-0.15, -0.1) is 0 Å². The molecule has 0 bridgehead atoms. The zero-order valence-corrected chi connectivity index (χ0v) is 15.0. The minimum atomic E-state index is -3.45. The van der Waals surface area contributed by atoms with Crippen molar-refractivity contribution >= 4 is 12.1 Å². The topological polar surface area (TPSA) is 76.1 Å². The lowest BCUT2D eigenvalue weighted by Crippen LogP contribution is -2.34. The predicted octanol–water partition coefficient (Wildman–Crippen LogP) is 2.86. The number of alkyl halides is 2. The molecule has 8 heteroatoms. The van der Waals surface area contributed by atoms with Gasteiger partial charge in [0.1, 0.15) is 12.7 Å². The van der Waals surface area contributed by atoms with Crippen LogP contribution >= 0.6 is 0 Å². The normalized spacial score (nSPS) is 18.6. The van der Waals surface area contributed by atoms with Gasteiger partial charge in [0, 0.05) is 19.0 Å². The molecule has 1 N–H and O–H groups in total. The molecule has 0 aromatic heterocycles. The average Bonchev–Trinajstić information content (AvgIpc) is 2.99. The van der Waals surface area contributed by atoms with E-state index in [-0.39, 0.29) is 24.7 Å². The summed E-state index contributed by atoms with van der Waals surface area (Å²) in [5.41, 5.74) is -0.289. The number of hydrogen-bond acceptors (Lipinski definition) is 5. The fourth-order valence-corrected chi connectivity index (χ4v) is 2.67. The molecule has 1 aliphatic rings. The van der Waals surface area contributed by atoms with Crippen molar-refractivity contribution < 1.29 is 33.0 Å². The molecule has 1 amide bonds. The number of ether oxygens (including phenoxy) is 2. The van der Waals surface area contributed by atoms with E-state index in [0.29, 0.717) is 19.4 Å². The monoisotopic (exact) mass is 383 g/mol. The fourth-order valence-electron chi connectivity index (χ4n) is 2.67. The molecule has 0 radical (unpaired) electrons. The summed E-state index contributed by atoms with van der Waals surface area (Å²) in [5, 5.41) is 9.91. The Balaban J connectivity index is 1.91. The van der Waals surface area contributed by atoms with Gasteiger partial charge in [0.2, 0.25) is 0 Å². The lowest BCUT2D eigenvalue weighted by molar-refractivity contribution is -0.141. The molecule has 6 nitrogen and oxygen atoms in total. The summed E-state index contributed by atoms with van der Waals surface area (Å²) in [6, 6.07) is 6.51. The van der Waals surface area contributed by atoms with Crippen LogP contribution in [-0.2, 0) is 20.2 Å². The van der Waals surface area contributed by atoms with Crippen LogP contribution in [0.1, 0.15) is 25.3 Å². The van der Waals surface area contributed by atoms with Crippen LogP contribution in [0.5, 0.6) is 0 Å². The first-order valence-corrected chi connectivity index (χ1v) is 8.69. The summed E-state index contributed by atoms with van der Waals surface area (Å²) in [6.45, 7) is 1.93. The van der Waals surface area contributed by atoms with E-state index in [1.165, 1.54) is 42.2 Å². The van der Waals surface area contributed by atoms with Crippen LogP contribution in [0.15, 0.2) is 42.5 Å². The Hall–Kier alpha value is -2.48. The van der Waals surface area contributed by atoms with Gasteiger partial charge in [0.25, 0.3) is 0 Å². The number of halogens is 2. The summed E-state index contributed by atoms with van der Waals surface area (Å²) < 4.78 is 38.4. The number of nitrogens with zero attached hydrogens (tertiary/aromatic N) is 1. The number of carbonyl (C=O) groups excluding carboxylic acids is 2. The second kappa shape index (κ2) is 9.45. The number of carbonyl (C=O) groups is 2. The third kappa shape index (κ3) is 5.75. The minimum Gasteiger partial charge on any atom is -0.466 e. The van der Waals surface area contributed by atoms with Gasteiger partial charge < -0.3 is 14.6 Å². The first-order valence-electron chi connectivity index (χ1n) is 8.69. The number of amides is 1. The number of rotatable bonds is 9. The highest BCUT2D eigenvalue weighted by Crippen LogP contribution is 2.32. The van der Waals surface area contributed by atoms with E-state index in [9.17, 15) is 23.5 Å². The molecule has 1 aromatic carbocycles. The lowest BCUT2D eigenvalue weighted by atomic mass is 10.0. The first-order chi connectivity index (χ1) is 12.8. The molecule has 27 heavy (non-hydrogen) atoms. The van der Waals surface area contributed by atoms with E-state index in [4.69, 9.17) is 9.47 Å². The van der Waals surface area contributed by atoms with E-state index in [2.05, 4.69) is 0 Å². The van der Waals surface area contributed by atoms with Crippen LogP contribution < -0.4 is 0 Å². The summed E-state index contributed by atoms with van der Waals surface area (Å²) in [5.74, 6) is -3.82. The molecule has 1 aliphatic heterocycles. The summed E-state index contributed by atoms with van der Waals surface area (Å²) in [6.07, 6.45) is 0.913. The second-order valence-electron chi connectivity index (χ2n) is 6.20. The molecule has 0 aliphatic carbocycles. The van der Waals surface area contributed by atoms with Gasteiger partial charge in [-0.1, -0.05) is 42.5 Å². The molecule has 1 fully saturated rings. The van der Waals surface area contributed by atoms with E-state index < -0.39 is 24.2 Å². The molecule has 1 heterocycles. The quantitative estimate of drug-likeness (QED) is 0.403. The van der Waals surface area contributed by atoms with Crippen molar-refractivity contribution in [3.05, 3.63) is 48.0 Å².